The Labute approximate surface area is 212 Å². The predicted octanol–water partition coefficient (Wildman–Crippen LogP) is 6.18. The molecule has 0 aromatic rings. The molecule has 3 saturated carbocycles. The molecule has 4 aliphatic carbocycles. The van der Waals surface area contributed by atoms with Gasteiger partial charge in [0.15, 0.2) is 0 Å². The number of hydrogen-bond acceptors (Lipinski definition) is 5. The van der Waals surface area contributed by atoms with Gasteiger partial charge in [0.25, 0.3) is 0 Å². The van der Waals surface area contributed by atoms with E-state index in [4.69, 9.17) is 4.74 Å². The minimum absolute atomic E-state index is 0.0453. The van der Waals surface area contributed by atoms with Crippen molar-refractivity contribution in [1.29, 1.82) is 0 Å². The van der Waals surface area contributed by atoms with E-state index in [1.54, 1.807) is 0 Å². The molecule has 0 aliphatic heterocycles. The van der Waals surface area contributed by atoms with Crippen LogP contribution in [0.15, 0.2) is 16.9 Å². The predicted molar refractivity (Wildman–Crippen MR) is 138 cm³/mol. The van der Waals surface area contributed by atoms with Crippen molar-refractivity contribution in [2.24, 2.45) is 51.6 Å². The van der Waals surface area contributed by atoms with E-state index in [0.717, 1.165) is 51.4 Å². The summed E-state index contributed by atoms with van der Waals surface area (Å²) in [6.45, 7) is 11.7. The third-order valence-electron chi connectivity index (χ3n) is 11.0. The molecule has 2 N–H and O–H groups in total. The van der Waals surface area contributed by atoms with Crippen LogP contribution in [0.2, 0.25) is 0 Å². The van der Waals surface area contributed by atoms with Gasteiger partial charge in [-0.1, -0.05) is 52.2 Å². The number of aliphatic hydroxyl groups is 1. The summed E-state index contributed by atoms with van der Waals surface area (Å²) in [6.07, 6.45) is 13.2. The summed E-state index contributed by atoms with van der Waals surface area (Å²) in [5.41, 5.74) is 4.51. The molecule has 0 bridgehead atoms. The third-order valence-corrected chi connectivity index (χ3v) is 11.0. The van der Waals surface area contributed by atoms with Crippen LogP contribution in [0.3, 0.4) is 0 Å². The van der Waals surface area contributed by atoms with Crippen molar-refractivity contribution in [2.45, 2.75) is 111 Å². The largest absolute Gasteiger partial charge is 0.462 e. The molecule has 6 heteroatoms. The highest BCUT2D eigenvalue weighted by Crippen LogP contribution is 2.67. The second-order valence-corrected chi connectivity index (χ2v) is 13.1. The van der Waals surface area contributed by atoms with E-state index >= 15 is 0 Å². The fourth-order valence-corrected chi connectivity index (χ4v) is 9.31. The maximum Gasteiger partial charge on any atom is 0.302 e. The second kappa shape index (κ2) is 10.5. The number of aliphatic hydroxyl groups excluding tert-OH is 1. The van der Waals surface area contributed by atoms with Gasteiger partial charge in [0.05, 0.1) is 6.10 Å². The molecule has 4 rings (SSSR count). The SMILES string of the molecule is CC(=O)OC1CC[C@@]2(C)C(=CC[C@H]3[C@@H]4CC(O)[C@H]([C@H](C)CCCC(C)CNN=O)[C@@]4(C)CC[C@@H]32)C1. The zero-order valence-electron chi connectivity index (χ0n) is 22.6. The number of ether oxygens (including phenoxy) is 1. The van der Waals surface area contributed by atoms with E-state index in [1.807, 2.05) is 0 Å². The van der Waals surface area contributed by atoms with Crippen LogP contribution in [0.5, 0.6) is 0 Å². The number of nitrogens with zero attached hydrogens (tertiary/aromatic N) is 1. The van der Waals surface area contributed by atoms with Crippen LogP contribution in [-0.4, -0.2) is 29.8 Å². The second-order valence-electron chi connectivity index (χ2n) is 13.1. The zero-order valence-corrected chi connectivity index (χ0v) is 22.6. The summed E-state index contributed by atoms with van der Waals surface area (Å²) in [4.78, 5) is 21.8. The molecule has 4 aliphatic rings. The Morgan fingerprint density at radius 3 is 2.71 bits per heavy atom. The van der Waals surface area contributed by atoms with Gasteiger partial charge in [0.2, 0.25) is 0 Å². The van der Waals surface area contributed by atoms with E-state index in [2.05, 4.69) is 44.5 Å². The first-order chi connectivity index (χ1) is 16.6. The van der Waals surface area contributed by atoms with Crippen LogP contribution in [0, 0.1) is 51.2 Å². The van der Waals surface area contributed by atoms with Gasteiger partial charge >= 0.3 is 5.97 Å². The number of allylic oxidation sites excluding steroid dienone is 1. The first-order valence-electron chi connectivity index (χ1n) is 14.2. The molecule has 0 spiro atoms. The highest BCUT2D eigenvalue weighted by molar-refractivity contribution is 5.66. The topological polar surface area (TPSA) is 88.0 Å². The molecular formula is C29H48N2O4. The number of fused-ring (bicyclic) bond motifs is 5. The molecule has 35 heavy (non-hydrogen) atoms. The Balaban J connectivity index is 1.43. The van der Waals surface area contributed by atoms with Crippen molar-refractivity contribution in [1.82, 2.24) is 5.43 Å². The van der Waals surface area contributed by atoms with Crippen LogP contribution < -0.4 is 5.43 Å². The number of nitroso groups, excluding NO2 is 1. The molecule has 10 atom stereocenters. The fourth-order valence-electron chi connectivity index (χ4n) is 9.31. The maximum atomic E-state index is 11.5. The Kier molecular flexibility index (Phi) is 8.00. The smallest absolute Gasteiger partial charge is 0.302 e. The summed E-state index contributed by atoms with van der Waals surface area (Å²) in [6, 6.07) is 0. The van der Waals surface area contributed by atoms with Crippen molar-refractivity contribution in [3.05, 3.63) is 16.6 Å². The van der Waals surface area contributed by atoms with Crippen molar-refractivity contribution in [2.75, 3.05) is 6.54 Å². The molecule has 0 radical (unpaired) electrons. The van der Waals surface area contributed by atoms with E-state index in [0.29, 0.717) is 42.1 Å². The first-order valence-corrected chi connectivity index (χ1v) is 14.2. The van der Waals surface area contributed by atoms with Crippen LogP contribution in [0.1, 0.15) is 98.8 Å². The lowest BCUT2D eigenvalue weighted by atomic mass is 9.47. The number of carbonyl (C=O) groups excluding carboxylic acids is 1. The highest BCUT2D eigenvalue weighted by atomic mass is 16.5. The Morgan fingerprint density at radius 1 is 1.23 bits per heavy atom. The molecule has 6 nitrogen and oxygen atoms in total. The van der Waals surface area contributed by atoms with Gasteiger partial charge in [-0.15, -0.1) is 4.91 Å². The normalized spacial score (nSPS) is 42.1. The van der Waals surface area contributed by atoms with Crippen LogP contribution in [0.25, 0.3) is 0 Å². The van der Waals surface area contributed by atoms with E-state index in [9.17, 15) is 14.8 Å². The number of rotatable bonds is 9. The third kappa shape index (κ3) is 5.06. The van der Waals surface area contributed by atoms with E-state index < -0.39 is 0 Å². The summed E-state index contributed by atoms with van der Waals surface area (Å²) in [5, 5.41) is 14.1. The fraction of sp³-hybridized carbons (Fsp3) is 0.897. The molecule has 3 fully saturated rings. The monoisotopic (exact) mass is 488 g/mol. The number of nitrogens with one attached hydrogen (secondary N) is 1. The highest BCUT2D eigenvalue weighted by Gasteiger charge is 2.61. The van der Waals surface area contributed by atoms with Gasteiger partial charge in [-0.3, -0.25) is 10.2 Å². The lowest BCUT2D eigenvalue weighted by molar-refractivity contribution is -0.148. The van der Waals surface area contributed by atoms with Crippen LogP contribution in [0.4, 0.5) is 0 Å². The van der Waals surface area contributed by atoms with Crippen LogP contribution in [-0.2, 0) is 9.53 Å². The average molecular weight is 489 g/mol. The molecule has 198 valence electrons. The standard InChI is InChI=1S/C29H48N2O4/c1-18(17-30-31-34)7-6-8-19(2)27-26(33)16-25-23-10-9-21-15-22(35-20(3)32)11-13-28(21,4)24(23)12-14-29(25,27)5/h9,18-19,22-27,33H,6-8,10-17H2,1-5H3,(H,30,34)/t18?,19-,22?,23-,24+,25+,26?,27+,28+,29+/m1/s1. The molecular weight excluding hydrogens is 440 g/mol. The van der Waals surface area contributed by atoms with Crippen molar-refractivity contribution < 1.29 is 14.6 Å². The lowest BCUT2D eigenvalue weighted by Gasteiger charge is -2.58. The number of carbonyl (C=O) groups is 1. The maximum absolute atomic E-state index is 11.5. The zero-order chi connectivity index (χ0) is 25.4. The van der Waals surface area contributed by atoms with Gasteiger partial charge in [0.1, 0.15) is 6.10 Å². The summed E-state index contributed by atoms with van der Waals surface area (Å²) in [7, 11) is 0. The summed E-state index contributed by atoms with van der Waals surface area (Å²) < 4.78 is 5.59. The minimum Gasteiger partial charge on any atom is -0.462 e. The van der Waals surface area contributed by atoms with Crippen molar-refractivity contribution in [3.8, 4) is 0 Å². The van der Waals surface area contributed by atoms with Gasteiger partial charge in [0, 0.05) is 25.2 Å². The van der Waals surface area contributed by atoms with Crippen molar-refractivity contribution >= 4 is 5.97 Å². The molecule has 0 aromatic carbocycles. The number of hydrogen-bond donors (Lipinski definition) is 2. The van der Waals surface area contributed by atoms with Gasteiger partial charge in [-0.2, -0.15) is 0 Å². The summed E-state index contributed by atoms with van der Waals surface area (Å²) >= 11 is 0. The Hall–Kier alpha value is -1.43. The van der Waals surface area contributed by atoms with E-state index in [-0.39, 0.29) is 29.0 Å². The molecule has 0 aromatic heterocycles. The quantitative estimate of drug-likeness (QED) is 0.175. The average Bonchev–Trinajstić information content (AvgIpc) is 3.07. The minimum atomic E-state index is -0.199. The van der Waals surface area contributed by atoms with Crippen LogP contribution >= 0.6 is 0 Å². The first kappa shape index (κ1) is 26.6. The lowest BCUT2D eigenvalue weighted by Crippen LogP contribution is -2.51. The molecule has 3 unspecified atom stereocenters. The Morgan fingerprint density at radius 2 is 2.00 bits per heavy atom. The van der Waals surface area contributed by atoms with Gasteiger partial charge in [-0.05, 0) is 91.3 Å². The van der Waals surface area contributed by atoms with E-state index in [1.165, 1.54) is 25.3 Å². The summed E-state index contributed by atoms with van der Waals surface area (Å²) in [5.74, 6) is 3.08. The molecule has 0 saturated heterocycles. The van der Waals surface area contributed by atoms with Crippen molar-refractivity contribution in [3.63, 3.8) is 0 Å². The van der Waals surface area contributed by atoms with Gasteiger partial charge < -0.3 is 9.84 Å². The molecule has 0 heterocycles. The molecule has 0 amide bonds. The Bertz CT molecular complexity index is 815. The number of esters is 1. The van der Waals surface area contributed by atoms with Gasteiger partial charge in [-0.25, -0.2) is 0 Å².